The van der Waals surface area contributed by atoms with Crippen molar-refractivity contribution in [2.24, 2.45) is 0 Å². The van der Waals surface area contributed by atoms with Gasteiger partial charge in [0.2, 0.25) is 0 Å². The van der Waals surface area contributed by atoms with Gasteiger partial charge in [-0.05, 0) is 19.3 Å². The first kappa shape index (κ1) is 47.2. The quantitative estimate of drug-likeness (QED) is 0.0733. The number of carbonyl (C=O) groups is 3. The summed E-state index contributed by atoms with van der Waals surface area (Å²) >= 11 is 11.7. The van der Waals surface area contributed by atoms with Crippen LogP contribution in [0.2, 0.25) is 0 Å². The average molecular weight is 732 g/mol. The van der Waals surface area contributed by atoms with Crippen molar-refractivity contribution in [1.82, 2.24) is 0 Å². The molecule has 0 saturated carbocycles. The van der Waals surface area contributed by atoms with Crippen LogP contribution in [0.5, 0.6) is 0 Å². The number of aliphatic carboxylic acids is 3. The number of hydrogen-bond donors (Lipinski definition) is 3. The fourth-order valence-electron chi connectivity index (χ4n) is 3.71. The molecule has 40 heavy (non-hydrogen) atoms. The minimum atomic E-state index is -1.04. The zero-order chi connectivity index (χ0) is 30.3. The summed E-state index contributed by atoms with van der Waals surface area (Å²) < 4.78 is 0. The third-order valence-electron chi connectivity index (χ3n) is 6.31. The number of carbonyl (C=O) groups excluding carboxylic acids is 3. The van der Waals surface area contributed by atoms with Crippen LogP contribution in [0.4, 0.5) is 0 Å². The van der Waals surface area contributed by atoms with Gasteiger partial charge in [-0.2, -0.15) is 37.9 Å². The van der Waals surface area contributed by atoms with Gasteiger partial charge >= 0.3 is 24.4 Å². The third-order valence-corrected chi connectivity index (χ3v) is 7.72. The van der Waals surface area contributed by atoms with E-state index in [9.17, 15) is 29.7 Å². The van der Waals surface area contributed by atoms with E-state index < -0.39 is 33.7 Å². The van der Waals surface area contributed by atoms with E-state index >= 15 is 0 Å². The molecule has 0 amide bonds. The van der Waals surface area contributed by atoms with Gasteiger partial charge in [0, 0.05) is 15.7 Å². The second-order valence-electron chi connectivity index (χ2n) is 10.2. The van der Waals surface area contributed by atoms with Crippen molar-refractivity contribution in [3.05, 3.63) is 0 Å². The Bertz CT molecular complexity index is 493. The Morgan fingerprint density at radius 3 is 0.775 bits per heavy atom. The number of carboxylic acids is 3. The van der Waals surface area contributed by atoms with E-state index in [1.54, 1.807) is 0 Å². The molecular formula is C30H57O6S3Sb. The molecule has 0 N–H and O–H groups in total. The number of rotatable bonds is 24. The normalized spacial score (nSPS) is 12.4. The average Bonchev–Trinajstić information content (AvgIpc) is 2.90. The van der Waals surface area contributed by atoms with Crippen LogP contribution in [-0.4, -0.2) is 58.1 Å². The molecule has 3 atom stereocenters. The molecule has 3 unspecified atom stereocenters. The molecule has 0 rings (SSSR count). The van der Waals surface area contributed by atoms with E-state index in [0.29, 0.717) is 19.3 Å². The molecule has 236 valence electrons. The molecule has 2 radical (unpaired) electrons. The fourth-order valence-corrected chi connectivity index (χ4v) is 4.26. The van der Waals surface area contributed by atoms with Crippen LogP contribution in [0.25, 0.3) is 0 Å². The van der Waals surface area contributed by atoms with E-state index in [0.717, 1.165) is 38.5 Å². The maximum atomic E-state index is 10.3. The zero-order valence-electron chi connectivity index (χ0n) is 25.3. The molecular weight excluding hydrogens is 674 g/mol. The van der Waals surface area contributed by atoms with Gasteiger partial charge in [0.25, 0.3) is 0 Å². The SMILES string of the molecule is CCCCCCCCC(S)C(=O)[O-].CCCCCCCCC(S)C(=O)[O-].CCCCCCCCC(S)C(=O)[O-].[Sb+3]. The Kier molecular flexibility index (Phi) is 44.0. The summed E-state index contributed by atoms with van der Waals surface area (Å²) in [5.41, 5.74) is 0. The van der Waals surface area contributed by atoms with Crippen LogP contribution < -0.4 is 15.3 Å². The minimum Gasteiger partial charge on any atom is -0.549 e. The van der Waals surface area contributed by atoms with Crippen LogP contribution in [0.3, 0.4) is 0 Å². The molecule has 6 nitrogen and oxygen atoms in total. The molecule has 0 spiro atoms. The fraction of sp³-hybridized carbons (Fsp3) is 0.900. The first-order chi connectivity index (χ1) is 18.5. The predicted octanol–water partition coefficient (Wildman–Crippen LogP) is 4.98. The Labute approximate surface area is 279 Å². The molecule has 0 aliphatic rings. The summed E-state index contributed by atoms with van der Waals surface area (Å²) in [5.74, 6) is -3.13. The van der Waals surface area contributed by atoms with Crippen molar-refractivity contribution in [1.29, 1.82) is 0 Å². The summed E-state index contributed by atoms with van der Waals surface area (Å²) in [5, 5.41) is 29.1. The number of hydrogen-bond acceptors (Lipinski definition) is 9. The van der Waals surface area contributed by atoms with Crippen molar-refractivity contribution < 1.29 is 29.7 Å². The Morgan fingerprint density at radius 1 is 0.425 bits per heavy atom. The Morgan fingerprint density at radius 2 is 0.600 bits per heavy atom. The molecule has 0 saturated heterocycles. The third kappa shape index (κ3) is 40.4. The molecule has 0 heterocycles. The largest absolute Gasteiger partial charge is 3.00 e. The van der Waals surface area contributed by atoms with Gasteiger partial charge < -0.3 is 29.7 Å². The van der Waals surface area contributed by atoms with Gasteiger partial charge in [0.1, 0.15) is 0 Å². The second kappa shape index (κ2) is 37.3. The molecule has 0 aliphatic carbocycles. The van der Waals surface area contributed by atoms with Gasteiger partial charge in [-0.15, -0.1) is 0 Å². The topological polar surface area (TPSA) is 120 Å². The summed E-state index contributed by atoms with van der Waals surface area (Å²) in [7, 11) is 0. The minimum absolute atomic E-state index is 0. The van der Waals surface area contributed by atoms with Crippen molar-refractivity contribution in [2.45, 2.75) is 171 Å². The predicted molar refractivity (Wildman–Crippen MR) is 173 cm³/mol. The van der Waals surface area contributed by atoms with Crippen LogP contribution in [0, 0.1) is 0 Å². The van der Waals surface area contributed by atoms with Gasteiger partial charge in [-0.1, -0.05) is 136 Å². The molecule has 0 bridgehead atoms. The Hall–Kier alpha value is 0.278. The van der Waals surface area contributed by atoms with Gasteiger partial charge in [-0.25, -0.2) is 0 Å². The van der Waals surface area contributed by atoms with Gasteiger partial charge in [-0.3, -0.25) is 0 Å². The number of thiol groups is 3. The maximum absolute atomic E-state index is 10.3. The summed E-state index contributed by atoms with van der Waals surface area (Å²) in [4.78, 5) is 30.8. The monoisotopic (exact) mass is 730 g/mol. The zero-order valence-corrected chi connectivity index (χ0v) is 30.6. The summed E-state index contributed by atoms with van der Waals surface area (Å²) in [6, 6.07) is 0. The first-order valence-corrected chi connectivity index (χ1v) is 16.8. The van der Waals surface area contributed by atoms with Crippen molar-refractivity contribution in [2.75, 3.05) is 0 Å². The smallest absolute Gasteiger partial charge is 0.549 e. The van der Waals surface area contributed by atoms with E-state index in [2.05, 4.69) is 58.7 Å². The summed E-state index contributed by atoms with van der Waals surface area (Å²) in [6.07, 6.45) is 23.1. The molecule has 0 aliphatic heterocycles. The van der Waals surface area contributed by atoms with Crippen LogP contribution >= 0.6 is 37.9 Å². The first-order valence-electron chi connectivity index (χ1n) is 15.2. The van der Waals surface area contributed by atoms with E-state index in [1.807, 2.05) is 0 Å². The molecule has 0 aromatic carbocycles. The molecule has 0 aromatic rings. The van der Waals surface area contributed by atoms with Crippen molar-refractivity contribution >= 4 is 80.2 Å². The van der Waals surface area contributed by atoms with Crippen molar-refractivity contribution in [3.8, 4) is 0 Å². The van der Waals surface area contributed by atoms with Gasteiger partial charge in [0.15, 0.2) is 0 Å². The molecule has 0 aromatic heterocycles. The molecule has 10 heteroatoms. The maximum Gasteiger partial charge on any atom is 3.00 e. The number of carboxylic acid groups (broad SMARTS) is 3. The van der Waals surface area contributed by atoms with Crippen LogP contribution in [0.1, 0.15) is 156 Å². The Balaban J connectivity index is -0.000000240. The number of unbranched alkanes of at least 4 members (excludes halogenated alkanes) is 15. The van der Waals surface area contributed by atoms with E-state index in [1.165, 1.54) is 77.0 Å². The van der Waals surface area contributed by atoms with Crippen LogP contribution in [0.15, 0.2) is 0 Å². The summed E-state index contributed by atoms with van der Waals surface area (Å²) in [6.45, 7) is 6.54. The second-order valence-corrected chi connectivity index (χ2v) is 12.0. The van der Waals surface area contributed by atoms with E-state index in [-0.39, 0.29) is 24.4 Å². The standard InChI is InChI=1S/3C10H20O2S.Sb/c3*1-2-3-4-5-6-7-8-9(13)10(11)12;/h3*9,13H,2-8H2,1H3,(H,11,12);/q;;;+3/p-3. The van der Waals surface area contributed by atoms with Crippen molar-refractivity contribution in [3.63, 3.8) is 0 Å². The van der Waals surface area contributed by atoms with Gasteiger partial charge in [0.05, 0.1) is 17.9 Å². The van der Waals surface area contributed by atoms with Crippen LogP contribution in [-0.2, 0) is 14.4 Å². The van der Waals surface area contributed by atoms with E-state index in [4.69, 9.17) is 0 Å². The molecule has 0 fully saturated rings.